The van der Waals surface area contributed by atoms with Gasteiger partial charge in [-0.15, -0.1) is 0 Å². The van der Waals surface area contributed by atoms with Crippen molar-refractivity contribution in [2.45, 2.75) is 44.8 Å². The molecule has 0 saturated heterocycles. The van der Waals surface area contributed by atoms with E-state index in [4.69, 9.17) is 19.7 Å². The van der Waals surface area contributed by atoms with Crippen LogP contribution in [0.3, 0.4) is 0 Å². The lowest BCUT2D eigenvalue weighted by atomic mass is 10.1. The number of aliphatic carboxylic acids is 2. The topological polar surface area (TPSA) is 127 Å². The largest absolute Gasteiger partial charge is 0.481 e. The number of esters is 2. The predicted octanol–water partition coefficient (Wildman–Crippen LogP) is 0.588. The zero-order valence-electron chi connectivity index (χ0n) is 19.2. The maximum atomic E-state index is 12.3. The molecule has 0 spiro atoms. The van der Waals surface area contributed by atoms with Crippen molar-refractivity contribution in [2.75, 3.05) is 55.4 Å². The van der Waals surface area contributed by atoms with E-state index in [2.05, 4.69) is 0 Å². The summed E-state index contributed by atoms with van der Waals surface area (Å²) in [5.41, 5.74) is 0. The van der Waals surface area contributed by atoms with Gasteiger partial charge < -0.3 is 28.7 Å². The van der Waals surface area contributed by atoms with Gasteiger partial charge in [-0.2, -0.15) is 0 Å². The van der Waals surface area contributed by atoms with Gasteiger partial charge in [0.05, 0.1) is 61.0 Å². The molecule has 0 aliphatic carbocycles. The third kappa shape index (κ3) is 14.7. The number of quaternary nitrogens is 2. The van der Waals surface area contributed by atoms with Crippen LogP contribution in [-0.2, 0) is 28.7 Å². The number of hydrogen-bond acceptors (Lipinski definition) is 6. The first-order valence-corrected chi connectivity index (χ1v) is 9.93. The summed E-state index contributed by atoms with van der Waals surface area (Å²) in [5, 5.41) is 18.0. The summed E-state index contributed by atoms with van der Waals surface area (Å²) in [6, 6.07) is 0. The molecule has 0 aromatic carbocycles. The average Bonchev–Trinajstić information content (AvgIpc) is 2.47. The van der Waals surface area contributed by atoms with Crippen LogP contribution in [0.4, 0.5) is 0 Å². The SMILES string of the molecule is CC(CCC(=O)OC(CC(=O)O)C[N+](C)(C)C)C(=O)OC(CC(=O)O)C[N+](C)(C)C. The number of carboxylic acid groups (broad SMARTS) is 2. The van der Waals surface area contributed by atoms with E-state index < -0.39 is 42.0 Å². The summed E-state index contributed by atoms with van der Waals surface area (Å²) >= 11 is 0. The third-order valence-electron chi connectivity index (χ3n) is 4.07. The molecule has 0 amide bonds. The smallest absolute Gasteiger partial charge is 0.309 e. The Labute approximate surface area is 178 Å². The molecule has 0 fully saturated rings. The van der Waals surface area contributed by atoms with E-state index in [0.717, 1.165) is 0 Å². The Balaban J connectivity index is 4.74. The summed E-state index contributed by atoms with van der Waals surface area (Å²) < 4.78 is 11.5. The lowest BCUT2D eigenvalue weighted by Crippen LogP contribution is -2.44. The van der Waals surface area contributed by atoms with E-state index in [1.165, 1.54) is 0 Å². The van der Waals surface area contributed by atoms with E-state index in [0.29, 0.717) is 22.1 Å². The van der Waals surface area contributed by atoms with Gasteiger partial charge in [0, 0.05) is 6.42 Å². The van der Waals surface area contributed by atoms with Gasteiger partial charge in [-0.05, 0) is 6.42 Å². The molecule has 0 heterocycles. The Kier molecular flexibility index (Phi) is 11.0. The highest BCUT2D eigenvalue weighted by Gasteiger charge is 2.28. The molecule has 0 aliphatic rings. The van der Waals surface area contributed by atoms with Crippen LogP contribution in [0.5, 0.6) is 0 Å². The first-order valence-electron chi connectivity index (χ1n) is 9.93. The first-order chi connectivity index (χ1) is 13.5. The van der Waals surface area contributed by atoms with Crippen molar-refractivity contribution >= 4 is 23.9 Å². The van der Waals surface area contributed by atoms with Gasteiger partial charge in [0.15, 0.2) is 12.2 Å². The van der Waals surface area contributed by atoms with E-state index in [1.807, 2.05) is 42.3 Å². The van der Waals surface area contributed by atoms with Crippen LogP contribution in [0.25, 0.3) is 0 Å². The summed E-state index contributed by atoms with van der Waals surface area (Å²) in [4.78, 5) is 46.5. The van der Waals surface area contributed by atoms with Gasteiger partial charge in [0.1, 0.15) is 13.1 Å². The minimum atomic E-state index is -1.06. The van der Waals surface area contributed by atoms with Crippen molar-refractivity contribution in [2.24, 2.45) is 5.92 Å². The lowest BCUT2D eigenvalue weighted by Gasteiger charge is -2.29. The number of carbonyl (C=O) groups excluding carboxylic acids is 2. The van der Waals surface area contributed by atoms with Crippen molar-refractivity contribution in [3.8, 4) is 0 Å². The molecule has 0 rings (SSSR count). The van der Waals surface area contributed by atoms with Crippen molar-refractivity contribution < 1.29 is 47.8 Å². The first kappa shape index (κ1) is 27.8. The molecule has 0 aliphatic heterocycles. The Bertz CT molecular complexity index is 607. The molecule has 30 heavy (non-hydrogen) atoms. The Morgan fingerprint density at radius 2 is 1.17 bits per heavy atom. The number of carbonyl (C=O) groups is 4. The number of carboxylic acids is 2. The number of likely N-dealkylation sites (N-methyl/N-ethyl adjacent to an activating group) is 2. The monoisotopic (exact) mass is 434 g/mol. The number of ether oxygens (including phenoxy) is 2. The number of rotatable bonds is 14. The van der Waals surface area contributed by atoms with E-state index in [9.17, 15) is 19.2 Å². The van der Waals surface area contributed by atoms with Crippen LogP contribution in [0.1, 0.15) is 32.6 Å². The summed E-state index contributed by atoms with van der Waals surface area (Å²) in [7, 11) is 11.2. The molecule has 10 nitrogen and oxygen atoms in total. The molecule has 0 aromatic rings. The molecule has 2 N–H and O–H groups in total. The van der Waals surface area contributed by atoms with E-state index in [1.54, 1.807) is 6.92 Å². The number of hydrogen-bond donors (Lipinski definition) is 2. The minimum absolute atomic E-state index is 0.0670. The van der Waals surface area contributed by atoms with Crippen molar-refractivity contribution in [3.05, 3.63) is 0 Å². The van der Waals surface area contributed by atoms with Crippen LogP contribution in [-0.4, -0.2) is 111 Å². The normalized spacial score (nSPS) is 15.0. The van der Waals surface area contributed by atoms with Gasteiger partial charge in [0.2, 0.25) is 0 Å². The molecule has 3 unspecified atom stereocenters. The van der Waals surface area contributed by atoms with Gasteiger partial charge >= 0.3 is 23.9 Å². The summed E-state index contributed by atoms with van der Waals surface area (Å²) in [5.74, 6) is -3.89. The lowest BCUT2D eigenvalue weighted by molar-refractivity contribution is -0.873. The van der Waals surface area contributed by atoms with Gasteiger partial charge in [-0.1, -0.05) is 6.92 Å². The fourth-order valence-electron chi connectivity index (χ4n) is 2.88. The van der Waals surface area contributed by atoms with E-state index >= 15 is 0 Å². The number of nitrogens with zero attached hydrogens (tertiary/aromatic N) is 2. The molecular formula is C20H38N2O8+2. The highest BCUT2D eigenvalue weighted by atomic mass is 16.6. The van der Waals surface area contributed by atoms with Gasteiger partial charge in [-0.3, -0.25) is 19.2 Å². The van der Waals surface area contributed by atoms with Crippen molar-refractivity contribution in [3.63, 3.8) is 0 Å². The molecule has 3 atom stereocenters. The minimum Gasteiger partial charge on any atom is -0.481 e. The molecular weight excluding hydrogens is 396 g/mol. The Morgan fingerprint density at radius 3 is 1.53 bits per heavy atom. The molecule has 0 bridgehead atoms. The van der Waals surface area contributed by atoms with Crippen LogP contribution < -0.4 is 0 Å². The second-order valence-corrected chi connectivity index (χ2v) is 9.75. The van der Waals surface area contributed by atoms with Crippen molar-refractivity contribution in [1.29, 1.82) is 0 Å². The van der Waals surface area contributed by atoms with Crippen LogP contribution in [0, 0.1) is 5.92 Å². The fraction of sp³-hybridized carbons (Fsp3) is 0.800. The van der Waals surface area contributed by atoms with Gasteiger partial charge in [-0.25, -0.2) is 0 Å². The Morgan fingerprint density at radius 1 is 0.767 bits per heavy atom. The second kappa shape index (κ2) is 11.8. The summed E-state index contributed by atoms with van der Waals surface area (Å²) in [6.45, 7) is 2.28. The fourth-order valence-corrected chi connectivity index (χ4v) is 2.88. The quantitative estimate of drug-likeness (QED) is 0.300. The summed E-state index contributed by atoms with van der Waals surface area (Å²) in [6.07, 6.45) is -2.02. The molecule has 0 aromatic heterocycles. The molecule has 10 heteroatoms. The zero-order chi connectivity index (χ0) is 23.7. The predicted molar refractivity (Wildman–Crippen MR) is 108 cm³/mol. The zero-order valence-corrected chi connectivity index (χ0v) is 19.2. The van der Waals surface area contributed by atoms with Gasteiger partial charge in [0.25, 0.3) is 0 Å². The highest BCUT2D eigenvalue weighted by molar-refractivity contribution is 5.75. The average molecular weight is 435 g/mol. The van der Waals surface area contributed by atoms with E-state index in [-0.39, 0.29) is 25.7 Å². The Hall–Kier alpha value is -2.20. The van der Waals surface area contributed by atoms with Crippen LogP contribution in [0.2, 0.25) is 0 Å². The second-order valence-electron chi connectivity index (χ2n) is 9.75. The third-order valence-corrected chi connectivity index (χ3v) is 4.07. The molecule has 174 valence electrons. The van der Waals surface area contributed by atoms with Crippen LogP contribution in [0.15, 0.2) is 0 Å². The highest BCUT2D eigenvalue weighted by Crippen LogP contribution is 2.14. The maximum absolute atomic E-state index is 12.3. The van der Waals surface area contributed by atoms with Crippen LogP contribution >= 0.6 is 0 Å². The molecule has 0 saturated carbocycles. The van der Waals surface area contributed by atoms with Crippen molar-refractivity contribution in [1.82, 2.24) is 0 Å². The standard InChI is InChI=1S/C20H36N2O8/c1-14(20(28)30-16(11-18(25)26)13-22(5,6)7)8-9-19(27)29-15(10-17(23)24)12-21(2,3)4/h14-16H,8-13H2,1-7H3/p+2. The molecule has 0 radical (unpaired) electrons. The maximum Gasteiger partial charge on any atom is 0.309 e.